The van der Waals surface area contributed by atoms with Gasteiger partial charge in [0.2, 0.25) is 0 Å². The largest absolute Gasteiger partial charge is 0.396 e. The highest BCUT2D eigenvalue weighted by Gasteiger charge is 2.15. The van der Waals surface area contributed by atoms with Crippen molar-refractivity contribution < 1.29 is 23.1 Å². The number of rotatable bonds is 12. The lowest BCUT2D eigenvalue weighted by Gasteiger charge is -2.20. The molecule has 10 nitrogen and oxygen atoms in total. The Hall–Kier alpha value is -2.87. The van der Waals surface area contributed by atoms with Crippen molar-refractivity contribution in [3.8, 4) is 0 Å². The first-order valence-corrected chi connectivity index (χ1v) is 14.2. The van der Waals surface area contributed by atoms with Gasteiger partial charge in [0, 0.05) is 37.7 Å². The van der Waals surface area contributed by atoms with E-state index < -0.39 is 21.8 Å². The first kappa shape index (κ1) is 29.4. The number of nitrogens with zero attached hydrogens (tertiary/aromatic N) is 1. The monoisotopic (exact) mass is 553 g/mol. The molecule has 2 aromatic carbocycles. The molecule has 0 aliphatic carbocycles. The van der Waals surface area contributed by atoms with E-state index in [4.69, 9.17) is 17.3 Å². The number of hydrazine groups is 1. The van der Waals surface area contributed by atoms with E-state index in [1.54, 1.807) is 48.2 Å². The normalized spacial score (nSPS) is 10.9. The van der Waals surface area contributed by atoms with E-state index in [0.717, 1.165) is 23.0 Å². The molecule has 2 amide bonds. The van der Waals surface area contributed by atoms with Gasteiger partial charge in [0.1, 0.15) is 4.32 Å². The predicted octanol–water partition coefficient (Wildman–Crippen LogP) is 2.29. The summed E-state index contributed by atoms with van der Waals surface area (Å²) in [6, 6.07) is 12.8. The average Bonchev–Trinajstić information content (AvgIpc) is 2.87. The SMILES string of the molecule is CCN(CC)C(=S)SCc1ccc(S(=O)(=O)Nc2ccc(NNC(=O)C(=O)NCCCO)cc2)cc1. The zero-order chi connectivity index (χ0) is 26.6. The number of hydrogen-bond donors (Lipinski definition) is 5. The number of aliphatic hydroxyl groups is 1. The lowest BCUT2D eigenvalue weighted by Crippen LogP contribution is -2.42. The quantitative estimate of drug-likeness (QED) is 0.116. The summed E-state index contributed by atoms with van der Waals surface area (Å²) in [5, 5.41) is 11.0. The minimum absolute atomic E-state index is 0.0902. The summed E-state index contributed by atoms with van der Waals surface area (Å²) in [5.74, 6) is -1.08. The van der Waals surface area contributed by atoms with E-state index in [1.807, 2.05) is 0 Å². The zero-order valence-electron chi connectivity index (χ0n) is 20.1. The van der Waals surface area contributed by atoms with Gasteiger partial charge in [0.05, 0.1) is 10.6 Å². The number of aliphatic hydroxyl groups excluding tert-OH is 1. The van der Waals surface area contributed by atoms with Crippen LogP contribution in [0.2, 0.25) is 0 Å². The molecule has 196 valence electrons. The first-order chi connectivity index (χ1) is 17.2. The summed E-state index contributed by atoms with van der Waals surface area (Å²) in [6.45, 7) is 5.89. The summed E-state index contributed by atoms with van der Waals surface area (Å²) in [4.78, 5) is 25.5. The molecule has 0 radical (unpaired) electrons. The maximum atomic E-state index is 12.8. The molecule has 2 rings (SSSR count). The molecular weight excluding hydrogens is 522 g/mol. The van der Waals surface area contributed by atoms with Gasteiger partial charge in [-0.25, -0.2) is 8.42 Å². The summed E-state index contributed by atoms with van der Waals surface area (Å²) in [5.41, 5.74) is 6.56. The highest BCUT2D eigenvalue weighted by molar-refractivity contribution is 8.22. The van der Waals surface area contributed by atoms with E-state index in [0.29, 0.717) is 23.5 Å². The summed E-state index contributed by atoms with van der Waals surface area (Å²) < 4.78 is 28.8. The number of nitrogens with one attached hydrogen (secondary N) is 4. The molecule has 5 N–H and O–H groups in total. The van der Waals surface area contributed by atoms with Crippen molar-refractivity contribution in [2.75, 3.05) is 36.4 Å². The second-order valence-electron chi connectivity index (χ2n) is 7.47. The maximum absolute atomic E-state index is 12.8. The van der Waals surface area contributed by atoms with Crippen LogP contribution in [0.25, 0.3) is 0 Å². The Kier molecular flexibility index (Phi) is 11.9. The second-order valence-corrected chi connectivity index (χ2v) is 10.8. The average molecular weight is 554 g/mol. The van der Waals surface area contributed by atoms with Crippen molar-refractivity contribution in [1.82, 2.24) is 15.6 Å². The number of benzene rings is 2. The highest BCUT2D eigenvalue weighted by Crippen LogP contribution is 2.21. The Morgan fingerprint density at radius 2 is 1.58 bits per heavy atom. The van der Waals surface area contributed by atoms with E-state index >= 15 is 0 Å². The van der Waals surface area contributed by atoms with Gasteiger partial charge in [0.25, 0.3) is 10.0 Å². The fourth-order valence-electron chi connectivity index (χ4n) is 2.87. The Labute approximate surface area is 221 Å². The fourth-order valence-corrected chi connectivity index (χ4v) is 5.28. The lowest BCUT2D eigenvalue weighted by atomic mass is 10.2. The molecule has 0 spiro atoms. The van der Waals surface area contributed by atoms with E-state index in [-0.39, 0.29) is 18.0 Å². The molecule has 0 aromatic heterocycles. The molecule has 0 heterocycles. The van der Waals surface area contributed by atoms with Crippen molar-refractivity contribution in [1.29, 1.82) is 0 Å². The van der Waals surface area contributed by atoms with Crippen LogP contribution in [0.3, 0.4) is 0 Å². The molecule has 0 bridgehead atoms. The lowest BCUT2D eigenvalue weighted by molar-refractivity contribution is -0.138. The molecule has 0 fully saturated rings. The van der Waals surface area contributed by atoms with Gasteiger partial charge in [-0.2, -0.15) is 0 Å². The first-order valence-electron chi connectivity index (χ1n) is 11.3. The van der Waals surface area contributed by atoms with Crippen molar-refractivity contribution >= 4 is 61.5 Å². The van der Waals surface area contributed by atoms with Crippen molar-refractivity contribution in [3.63, 3.8) is 0 Å². The zero-order valence-corrected chi connectivity index (χ0v) is 22.6. The molecule has 36 heavy (non-hydrogen) atoms. The van der Waals surface area contributed by atoms with Crippen LogP contribution in [-0.2, 0) is 25.4 Å². The van der Waals surface area contributed by atoms with Crippen molar-refractivity contribution in [3.05, 3.63) is 54.1 Å². The van der Waals surface area contributed by atoms with Crippen LogP contribution in [0.5, 0.6) is 0 Å². The van der Waals surface area contributed by atoms with Crippen LogP contribution in [0, 0.1) is 0 Å². The molecule has 0 saturated carbocycles. The molecule has 0 saturated heterocycles. The van der Waals surface area contributed by atoms with E-state index in [2.05, 4.69) is 39.6 Å². The van der Waals surface area contributed by atoms with Gasteiger partial charge < -0.3 is 15.3 Å². The minimum Gasteiger partial charge on any atom is -0.396 e. The van der Waals surface area contributed by atoms with Gasteiger partial charge in [0.15, 0.2) is 0 Å². The molecule has 0 aliphatic rings. The Balaban J connectivity index is 1.89. The highest BCUT2D eigenvalue weighted by atomic mass is 32.2. The van der Waals surface area contributed by atoms with Gasteiger partial charge in [-0.3, -0.25) is 25.2 Å². The predicted molar refractivity (Wildman–Crippen MR) is 147 cm³/mol. The van der Waals surface area contributed by atoms with Gasteiger partial charge in [-0.15, -0.1) is 0 Å². The number of carbonyl (C=O) groups is 2. The Morgan fingerprint density at radius 3 is 2.17 bits per heavy atom. The van der Waals surface area contributed by atoms with E-state index in [9.17, 15) is 18.0 Å². The maximum Gasteiger partial charge on any atom is 0.327 e. The second kappa shape index (κ2) is 14.6. The number of thioether (sulfide) groups is 1. The molecule has 0 unspecified atom stereocenters. The Morgan fingerprint density at radius 1 is 0.972 bits per heavy atom. The molecule has 0 aliphatic heterocycles. The third-order valence-electron chi connectivity index (χ3n) is 4.90. The smallest absolute Gasteiger partial charge is 0.327 e. The minimum atomic E-state index is -3.80. The van der Waals surface area contributed by atoms with Crippen LogP contribution in [-0.4, -0.2) is 60.8 Å². The number of anilines is 2. The number of sulfonamides is 1. The number of amides is 2. The van der Waals surface area contributed by atoms with Crippen molar-refractivity contribution in [2.45, 2.75) is 30.9 Å². The van der Waals surface area contributed by atoms with Gasteiger partial charge >= 0.3 is 11.8 Å². The summed E-state index contributed by atoms with van der Waals surface area (Å²) in [7, 11) is -3.80. The molecule has 13 heteroatoms. The standard InChI is InChI=1S/C23H31N5O5S3/c1-3-28(4-2)23(34)35-16-17-6-12-20(13-7-17)36(32,33)27-19-10-8-18(9-11-19)25-26-22(31)21(30)24-14-5-15-29/h6-13,25,27,29H,3-5,14-16H2,1-2H3,(H,24,30)(H,26,31). The summed E-state index contributed by atoms with van der Waals surface area (Å²) >= 11 is 6.98. The van der Waals surface area contributed by atoms with Gasteiger partial charge in [-0.05, 0) is 62.2 Å². The molecule has 2 aromatic rings. The fraction of sp³-hybridized carbons (Fsp3) is 0.348. The van der Waals surface area contributed by atoms with Crippen LogP contribution in [0.15, 0.2) is 53.4 Å². The van der Waals surface area contributed by atoms with Gasteiger partial charge in [-0.1, -0.05) is 36.1 Å². The molecular formula is C23H31N5O5S3. The van der Waals surface area contributed by atoms with Crippen LogP contribution >= 0.6 is 24.0 Å². The number of hydrogen-bond acceptors (Lipinski definition) is 8. The van der Waals surface area contributed by atoms with Crippen LogP contribution in [0.1, 0.15) is 25.8 Å². The topological polar surface area (TPSA) is 140 Å². The third kappa shape index (κ3) is 9.30. The summed E-state index contributed by atoms with van der Waals surface area (Å²) in [6.07, 6.45) is 0.346. The Bertz CT molecular complexity index is 1120. The number of carbonyl (C=O) groups excluding carboxylic acids is 2. The van der Waals surface area contributed by atoms with Crippen molar-refractivity contribution in [2.24, 2.45) is 0 Å². The van der Waals surface area contributed by atoms with E-state index in [1.165, 1.54) is 12.1 Å². The number of thiocarbonyl (C=S) groups is 1. The van der Waals surface area contributed by atoms with Crippen LogP contribution < -0.4 is 20.9 Å². The van der Waals surface area contributed by atoms with Crippen LogP contribution in [0.4, 0.5) is 11.4 Å². The third-order valence-corrected chi connectivity index (χ3v) is 7.89. The molecule has 0 atom stereocenters.